The van der Waals surface area contributed by atoms with Crippen molar-refractivity contribution in [2.75, 3.05) is 0 Å². The molecule has 4 heteroatoms. The summed E-state index contributed by atoms with van der Waals surface area (Å²) >= 11 is 12.2. The van der Waals surface area contributed by atoms with Gasteiger partial charge in [-0.25, -0.2) is 0 Å². The predicted molar refractivity (Wildman–Crippen MR) is 73.2 cm³/mol. The first-order valence-corrected chi connectivity index (χ1v) is 6.13. The molecule has 0 amide bonds. The van der Waals surface area contributed by atoms with Crippen molar-refractivity contribution in [1.29, 1.82) is 0 Å². The second kappa shape index (κ2) is 4.73. The van der Waals surface area contributed by atoms with E-state index in [1.54, 1.807) is 12.1 Å². The Kier molecular flexibility index (Phi) is 3.48. The lowest BCUT2D eigenvalue weighted by Crippen LogP contribution is -2.02. The molecule has 0 aliphatic rings. The molecule has 0 saturated carbocycles. The van der Waals surface area contributed by atoms with Crippen LogP contribution in [0.25, 0.3) is 5.69 Å². The SMILES string of the molecule is Cc1cc(CN)c(C)n1-c1cc(Cl)ccc1Cl. The number of benzene rings is 1. The quantitative estimate of drug-likeness (QED) is 0.881. The maximum Gasteiger partial charge on any atom is 0.0656 e. The van der Waals surface area contributed by atoms with Gasteiger partial charge in [0.1, 0.15) is 0 Å². The molecule has 0 atom stereocenters. The van der Waals surface area contributed by atoms with Gasteiger partial charge in [-0.3, -0.25) is 0 Å². The molecule has 2 nitrogen and oxygen atoms in total. The summed E-state index contributed by atoms with van der Waals surface area (Å²) in [5, 5.41) is 1.35. The maximum atomic E-state index is 6.22. The minimum absolute atomic E-state index is 0.526. The molecule has 0 radical (unpaired) electrons. The number of hydrogen-bond donors (Lipinski definition) is 1. The smallest absolute Gasteiger partial charge is 0.0656 e. The third kappa shape index (κ3) is 2.21. The summed E-state index contributed by atoms with van der Waals surface area (Å²) < 4.78 is 2.08. The van der Waals surface area contributed by atoms with Crippen LogP contribution in [0.15, 0.2) is 24.3 Å². The molecule has 0 bridgehead atoms. The summed E-state index contributed by atoms with van der Waals surface area (Å²) in [7, 11) is 0. The Morgan fingerprint density at radius 2 is 1.88 bits per heavy atom. The van der Waals surface area contributed by atoms with Crippen LogP contribution in [-0.4, -0.2) is 4.57 Å². The topological polar surface area (TPSA) is 30.9 Å². The monoisotopic (exact) mass is 268 g/mol. The average molecular weight is 269 g/mol. The van der Waals surface area contributed by atoms with E-state index in [2.05, 4.69) is 10.6 Å². The molecule has 0 spiro atoms. The van der Waals surface area contributed by atoms with Gasteiger partial charge in [-0.2, -0.15) is 0 Å². The molecule has 90 valence electrons. The van der Waals surface area contributed by atoms with Crippen molar-refractivity contribution in [3.63, 3.8) is 0 Å². The first-order chi connectivity index (χ1) is 8.04. The lowest BCUT2D eigenvalue weighted by molar-refractivity contribution is 0.943. The summed E-state index contributed by atoms with van der Waals surface area (Å²) in [6.45, 7) is 4.59. The molecule has 2 aromatic rings. The van der Waals surface area contributed by atoms with Crippen molar-refractivity contribution in [2.24, 2.45) is 5.73 Å². The lowest BCUT2D eigenvalue weighted by atomic mass is 10.2. The molecule has 1 aromatic heterocycles. The van der Waals surface area contributed by atoms with E-state index in [9.17, 15) is 0 Å². The summed E-state index contributed by atoms with van der Waals surface area (Å²) in [5.41, 5.74) is 9.94. The number of aromatic nitrogens is 1. The van der Waals surface area contributed by atoms with E-state index in [0.717, 1.165) is 22.6 Å². The Morgan fingerprint density at radius 3 is 2.47 bits per heavy atom. The molecule has 0 saturated heterocycles. The second-order valence-electron chi connectivity index (χ2n) is 4.03. The van der Waals surface area contributed by atoms with Crippen molar-refractivity contribution < 1.29 is 0 Å². The zero-order chi connectivity index (χ0) is 12.6. The minimum atomic E-state index is 0.526. The van der Waals surface area contributed by atoms with Crippen molar-refractivity contribution in [1.82, 2.24) is 4.57 Å². The molecular weight excluding hydrogens is 255 g/mol. The van der Waals surface area contributed by atoms with Crippen LogP contribution in [0, 0.1) is 13.8 Å². The van der Waals surface area contributed by atoms with E-state index in [1.807, 2.05) is 19.9 Å². The van der Waals surface area contributed by atoms with Gasteiger partial charge in [0.2, 0.25) is 0 Å². The molecule has 2 rings (SSSR count). The molecule has 1 aromatic carbocycles. The van der Waals surface area contributed by atoms with Crippen LogP contribution in [0.1, 0.15) is 17.0 Å². The van der Waals surface area contributed by atoms with Crippen molar-refractivity contribution in [3.05, 3.63) is 51.3 Å². The van der Waals surface area contributed by atoms with E-state index in [-0.39, 0.29) is 0 Å². The van der Waals surface area contributed by atoms with Crippen molar-refractivity contribution in [3.8, 4) is 5.69 Å². The molecular formula is C13H14Cl2N2. The molecule has 0 aliphatic carbocycles. The standard InChI is InChI=1S/C13H14Cl2N2/c1-8-5-10(7-16)9(2)17(8)13-6-11(14)3-4-12(13)15/h3-6H,7,16H2,1-2H3. The number of nitrogens with two attached hydrogens (primary N) is 1. The molecule has 0 aliphatic heterocycles. The Morgan fingerprint density at radius 1 is 1.18 bits per heavy atom. The third-order valence-corrected chi connectivity index (χ3v) is 3.46. The Labute approximate surface area is 111 Å². The minimum Gasteiger partial charge on any atom is -0.326 e. The van der Waals surface area contributed by atoms with Gasteiger partial charge in [-0.15, -0.1) is 0 Å². The molecule has 0 unspecified atom stereocenters. The Bertz CT molecular complexity index is 559. The van der Waals surface area contributed by atoms with E-state index < -0.39 is 0 Å². The number of aryl methyl sites for hydroxylation is 1. The van der Waals surface area contributed by atoms with Gasteiger partial charge >= 0.3 is 0 Å². The zero-order valence-corrected chi connectivity index (χ0v) is 11.3. The first kappa shape index (κ1) is 12.5. The van der Waals surface area contributed by atoms with Crippen LogP contribution < -0.4 is 5.73 Å². The van der Waals surface area contributed by atoms with E-state index >= 15 is 0 Å². The van der Waals surface area contributed by atoms with Crippen LogP contribution >= 0.6 is 23.2 Å². The largest absolute Gasteiger partial charge is 0.326 e. The number of nitrogens with zero attached hydrogens (tertiary/aromatic N) is 1. The first-order valence-electron chi connectivity index (χ1n) is 5.38. The number of halogens is 2. The van der Waals surface area contributed by atoms with Crippen LogP contribution in [0.3, 0.4) is 0 Å². The highest BCUT2D eigenvalue weighted by Crippen LogP contribution is 2.28. The lowest BCUT2D eigenvalue weighted by Gasteiger charge is -2.12. The third-order valence-electron chi connectivity index (χ3n) is 2.90. The average Bonchev–Trinajstić information content (AvgIpc) is 2.58. The maximum absolute atomic E-state index is 6.22. The normalized spacial score (nSPS) is 10.9. The molecule has 0 fully saturated rings. The highest BCUT2D eigenvalue weighted by atomic mass is 35.5. The molecule has 1 heterocycles. The van der Waals surface area contributed by atoms with Crippen molar-refractivity contribution >= 4 is 23.2 Å². The second-order valence-corrected chi connectivity index (χ2v) is 4.88. The van der Waals surface area contributed by atoms with Gasteiger partial charge in [0.05, 0.1) is 10.7 Å². The Balaban J connectivity index is 2.68. The van der Waals surface area contributed by atoms with Crippen LogP contribution in [0.4, 0.5) is 0 Å². The van der Waals surface area contributed by atoms with E-state index in [4.69, 9.17) is 28.9 Å². The van der Waals surface area contributed by atoms with E-state index in [0.29, 0.717) is 16.6 Å². The fourth-order valence-electron chi connectivity index (χ4n) is 2.06. The fourth-order valence-corrected chi connectivity index (χ4v) is 2.43. The fraction of sp³-hybridized carbons (Fsp3) is 0.231. The van der Waals surface area contributed by atoms with Gasteiger partial charge in [0, 0.05) is 23.0 Å². The van der Waals surface area contributed by atoms with Gasteiger partial charge in [0.15, 0.2) is 0 Å². The van der Waals surface area contributed by atoms with Gasteiger partial charge in [-0.1, -0.05) is 23.2 Å². The highest BCUT2D eigenvalue weighted by molar-refractivity contribution is 6.34. The highest BCUT2D eigenvalue weighted by Gasteiger charge is 2.12. The summed E-state index contributed by atoms with van der Waals surface area (Å²) in [6, 6.07) is 7.53. The van der Waals surface area contributed by atoms with Gasteiger partial charge in [0.25, 0.3) is 0 Å². The summed E-state index contributed by atoms with van der Waals surface area (Å²) in [5.74, 6) is 0. The molecule has 17 heavy (non-hydrogen) atoms. The predicted octanol–water partition coefficient (Wildman–Crippen LogP) is 3.86. The summed E-state index contributed by atoms with van der Waals surface area (Å²) in [6.07, 6.45) is 0. The number of hydrogen-bond acceptors (Lipinski definition) is 1. The van der Waals surface area contributed by atoms with Gasteiger partial charge < -0.3 is 10.3 Å². The van der Waals surface area contributed by atoms with Crippen LogP contribution in [-0.2, 0) is 6.54 Å². The molecule has 2 N–H and O–H groups in total. The zero-order valence-electron chi connectivity index (χ0n) is 9.80. The number of rotatable bonds is 2. The van der Waals surface area contributed by atoms with Gasteiger partial charge in [-0.05, 0) is 43.7 Å². The van der Waals surface area contributed by atoms with E-state index in [1.165, 1.54) is 0 Å². The summed E-state index contributed by atoms with van der Waals surface area (Å²) in [4.78, 5) is 0. The van der Waals surface area contributed by atoms with Crippen LogP contribution in [0.2, 0.25) is 10.0 Å². The van der Waals surface area contributed by atoms with Crippen LogP contribution in [0.5, 0.6) is 0 Å². The Hall–Kier alpha value is -0.960. The van der Waals surface area contributed by atoms with Crippen molar-refractivity contribution in [2.45, 2.75) is 20.4 Å².